The predicted molar refractivity (Wildman–Crippen MR) is 100 cm³/mol. The van der Waals surface area contributed by atoms with Crippen LogP contribution in [0.3, 0.4) is 0 Å². The minimum atomic E-state index is -0.740. The van der Waals surface area contributed by atoms with Crippen LogP contribution in [0.5, 0.6) is 0 Å². The standard InChI is InChI=1S/C21H24N2O4/c1-21(2)19-20(25)27-22-23(19)12-11-17(26-21)9-10-18(24)16-8-7-14-5-3-4-6-15(14)13-16/h3-8,13,17-18,24H,9-12H2,1-2H3/p+1. The first-order valence-corrected chi connectivity index (χ1v) is 9.40. The van der Waals surface area contributed by atoms with Gasteiger partial charge in [0.25, 0.3) is 0 Å². The topological polar surface area (TPSA) is 79.3 Å². The molecule has 2 unspecified atom stereocenters. The van der Waals surface area contributed by atoms with Crippen molar-refractivity contribution in [3.63, 3.8) is 0 Å². The van der Waals surface area contributed by atoms with Gasteiger partial charge < -0.3 is 9.84 Å². The van der Waals surface area contributed by atoms with Gasteiger partial charge in [-0.3, -0.25) is 4.52 Å². The number of rotatable bonds is 4. The highest BCUT2D eigenvalue weighted by Gasteiger charge is 2.43. The molecule has 142 valence electrons. The van der Waals surface area contributed by atoms with Gasteiger partial charge in [-0.05, 0) is 54.4 Å². The fraction of sp³-hybridized carbons (Fsp3) is 0.429. The lowest BCUT2D eigenvalue weighted by atomic mass is 9.98. The number of aryl methyl sites for hydroxylation is 1. The first-order valence-electron chi connectivity index (χ1n) is 9.40. The summed E-state index contributed by atoms with van der Waals surface area (Å²) in [6, 6.07) is 14.2. The third-order valence-electron chi connectivity index (χ3n) is 5.34. The smallest absolute Gasteiger partial charge is 0.388 e. The van der Waals surface area contributed by atoms with Gasteiger partial charge in [0, 0.05) is 6.42 Å². The minimum absolute atomic E-state index is 0.0391. The van der Waals surface area contributed by atoms with Crippen molar-refractivity contribution in [2.45, 2.75) is 57.5 Å². The summed E-state index contributed by atoms with van der Waals surface area (Å²) in [4.78, 5) is 12.0. The zero-order chi connectivity index (χ0) is 19.0. The molecule has 0 saturated carbocycles. The third-order valence-corrected chi connectivity index (χ3v) is 5.34. The fourth-order valence-electron chi connectivity index (χ4n) is 3.96. The monoisotopic (exact) mass is 369 g/mol. The quantitative estimate of drug-likeness (QED) is 0.693. The summed E-state index contributed by atoms with van der Waals surface area (Å²) in [5, 5.41) is 15.6. The molecule has 4 rings (SSSR count). The number of aromatic amines is 1. The molecule has 0 amide bonds. The highest BCUT2D eigenvalue weighted by atomic mass is 16.5. The van der Waals surface area contributed by atoms with Gasteiger partial charge in [0.1, 0.15) is 0 Å². The Morgan fingerprint density at radius 3 is 2.85 bits per heavy atom. The van der Waals surface area contributed by atoms with Gasteiger partial charge in [-0.2, -0.15) is 0 Å². The van der Waals surface area contributed by atoms with Crippen molar-refractivity contribution in [1.29, 1.82) is 0 Å². The van der Waals surface area contributed by atoms with Crippen LogP contribution in [0, 0.1) is 0 Å². The van der Waals surface area contributed by atoms with E-state index in [0.717, 1.165) is 17.4 Å². The molecule has 0 saturated heterocycles. The van der Waals surface area contributed by atoms with Gasteiger partial charge in [-0.1, -0.05) is 41.1 Å². The molecular weight excluding hydrogens is 344 g/mol. The third kappa shape index (κ3) is 3.55. The van der Waals surface area contributed by atoms with Gasteiger partial charge in [0.15, 0.2) is 12.1 Å². The highest BCUT2D eigenvalue weighted by Crippen LogP contribution is 2.29. The summed E-state index contributed by atoms with van der Waals surface area (Å²) in [5.74, 6) is 0. The highest BCUT2D eigenvalue weighted by molar-refractivity contribution is 5.83. The maximum absolute atomic E-state index is 12.0. The molecule has 2 aromatic carbocycles. The van der Waals surface area contributed by atoms with Crippen LogP contribution in [-0.4, -0.2) is 16.5 Å². The van der Waals surface area contributed by atoms with Gasteiger partial charge in [-0.15, -0.1) is 0 Å². The Kier molecular flexibility index (Phi) is 4.61. The molecule has 27 heavy (non-hydrogen) atoms. The molecule has 0 radical (unpaired) electrons. The van der Waals surface area contributed by atoms with E-state index in [-0.39, 0.29) is 6.10 Å². The lowest BCUT2D eigenvalue weighted by Gasteiger charge is -2.24. The SMILES string of the molecule is CC1(C)OC(CCC(O)c2ccc3ccccc3c2)CC[n+]2[nH]oc(=O)c21. The molecule has 1 aliphatic heterocycles. The summed E-state index contributed by atoms with van der Waals surface area (Å²) in [5.41, 5.74) is 0.286. The first kappa shape index (κ1) is 17.9. The summed E-state index contributed by atoms with van der Waals surface area (Å²) < 4.78 is 12.8. The fourth-order valence-corrected chi connectivity index (χ4v) is 3.96. The van der Waals surface area contributed by atoms with Crippen molar-refractivity contribution in [2.75, 3.05) is 0 Å². The first-order chi connectivity index (χ1) is 12.9. The Labute approximate surface area is 157 Å². The van der Waals surface area contributed by atoms with Crippen molar-refractivity contribution in [3.8, 4) is 0 Å². The average molecular weight is 369 g/mol. The van der Waals surface area contributed by atoms with Crippen molar-refractivity contribution < 1.29 is 19.0 Å². The number of hydrogen-bond acceptors (Lipinski definition) is 4. The molecule has 6 heteroatoms. The van der Waals surface area contributed by atoms with Crippen LogP contribution < -0.4 is 10.3 Å². The Hall–Kier alpha value is -2.44. The molecule has 2 N–H and O–H groups in total. The van der Waals surface area contributed by atoms with Gasteiger partial charge in [0.05, 0.1) is 12.2 Å². The van der Waals surface area contributed by atoms with Crippen molar-refractivity contribution in [1.82, 2.24) is 5.27 Å². The molecule has 2 heterocycles. The zero-order valence-corrected chi connectivity index (χ0v) is 15.6. The van der Waals surface area contributed by atoms with E-state index in [9.17, 15) is 9.90 Å². The second-order valence-electron chi connectivity index (χ2n) is 7.72. The number of nitrogens with zero attached hydrogens (tertiary/aromatic N) is 1. The van der Waals surface area contributed by atoms with Crippen LogP contribution in [0.25, 0.3) is 10.8 Å². The van der Waals surface area contributed by atoms with Gasteiger partial charge in [0.2, 0.25) is 0 Å². The second kappa shape index (κ2) is 6.94. The van der Waals surface area contributed by atoms with Gasteiger partial charge in [-0.25, -0.2) is 4.79 Å². The van der Waals surface area contributed by atoms with Crippen LogP contribution in [0.15, 0.2) is 51.8 Å². The number of hydrogen-bond donors (Lipinski definition) is 2. The number of H-pyrrole nitrogens is 1. The Balaban J connectivity index is 1.44. The Morgan fingerprint density at radius 1 is 1.26 bits per heavy atom. The molecule has 2 atom stereocenters. The molecular formula is C21H25N2O4+. The largest absolute Gasteiger partial charge is 0.433 e. The zero-order valence-electron chi connectivity index (χ0n) is 15.6. The molecule has 6 nitrogen and oxygen atoms in total. The van der Waals surface area contributed by atoms with E-state index in [4.69, 9.17) is 9.26 Å². The van der Waals surface area contributed by atoms with Crippen LogP contribution in [0.4, 0.5) is 0 Å². The number of benzene rings is 2. The molecule has 0 aliphatic carbocycles. The minimum Gasteiger partial charge on any atom is -0.388 e. The van der Waals surface area contributed by atoms with Crippen LogP contribution in [0.1, 0.15) is 50.5 Å². The van der Waals surface area contributed by atoms with Crippen molar-refractivity contribution in [3.05, 3.63) is 64.1 Å². The molecule has 0 fully saturated rings. The van der Waals surface area contributed by atoms with Crippen LogP contribution in [-0.2, 0) is 16.9 Å². The number of nitrogens with one attached hydrogen (secondary N) is 1. The normalized spacial score (nSPS) is 20.2. The molecule has 0 bridgehead atoms. The maximum atomic E-state index is 12.0. The summed E-state index contributed by atoms with van der Waals surface area (Å²) in [6.45, 7) is 4.38. The van der Waals surface area contributed by atoms with Crippen molar-refractivity contribution in [2.24, 2.45) is 0 Å². The predicted octanol–water partition coefficient (Wildman–Crippen LogP) is 2.95. The van der Waals surface area contributed by atoms with E-state index in [1.54, 1.807) is 4.68 Å². The van der Waals surface area contributed by atoms with Gasteiger partial charge >= 0.3 is 11.3 Å². The molecule has 1 aliphatic rings. The number of aliphatic hydroxyl groups is 1. The maximum Gasteiger partial charge on any atom is 0.433 e. The summed E-state index contributed by atoms with van der Waals surface area (Å²) >= 11 is 0. The lowest BCUT2D eigenvalue weighted by Crippen LogP contribution is -2.45. The van der Waals surface area contributed by atoms with Crippen molar-refractivity contribution >= 4 is 10.8 Å². The van der Waals surface area contributed by atoms with E-state index in [0.29, 0.717) is 25.1 Å². The van der Waals surface area contributed by atoms with E-state index in [1.807, 2.05) is 44.2 Å². The second-order valence-corrected chi connectivity index (χ2v) is 7.72. The summed E-state index contributed by atoms with van der Waals surface area (Å²) in [7, 11) is 0. The Bertz CT molecular complexity index is 1000. The number of aromatic nitrogens is 2. The van der Waals surface area contributed by atoms with E-state index in [2.05, 4.69) is 17.4 Å². The average Bonchev–Trinajstić information content (AvgIpc) is 2.98. The molecule has 1 aromatic heterocycles. The lowest BCUT2D eigenvalue weighted by molar-refractivity contribution is -0.770. The molecule has 3 aromatic rings. The van der Waals surface area contributed by atoms with Crippen LogP contribution >= 0.6 is 0 Å². The van der Waals surface area contributed by atoms with E-state index in [1.165, 1.54) is 5.39 Å². The Morgan fingerprint density at radius 2 is 2.04 bits per heavy atom. The number of ether oxygens (including phenoxy) is 1. The van der Waals surface area contributed by atoms with E-state index < -0.39 is 17.3 Å². The number of aliphatic hydroxyl groups excluding tert-OH is 1. The summed E-state index contributed by atoms with van der Waals surface area (Å²) in [6.07, 6.45) is 1.49. The number of fused-ring (bicyclic) bond motifs is 2. The molecule has 0 spiro atoms. The van der Waals surface area contributed by atoms with Crippen LogP contribution in [0.2, 0.25) is 0 Å². The van der Waals surface area contributed by atoms with E-state index >= 15 is 0 Å².